The van der Waals surface area contributed by atoms with Crippen molar-refractivity contribution in [3.63, 3.8) is 0 Å². The molecule has 1 aromatic heterocycles. The van der Waals surface area contributed by atoms with Crippen molar-refractivity contribution in [3.05, 3.63) is 56.4 Å². The standard InChI is InChI=1S/C14H12BrNO3.Na.H/c1-8-12(14(18)19)13(17)11(7-16(8)2)9-3-5-10(15)6-4-9;;/h3-7H,1-2H3,(H,18,19);;/q;+1;-1. The molecule has 0 saturated heterocycles. The molecular formula is C14H13BrNNaO3. The molecule has 2 aromatic rings. The van der Waals surface area contributed by atoms with Crippen LogP contribution in [0.1, 0.15) is 17.5 Å². The average Bonchev–Trinajstić information content (AvgIpc) is 2.35. The SMILES string of the molecule is Cc1c(C(=O)O)c(=O)c(-c2ccc(Br)cc2)cn1C.[H-].[Na+]. The zero-order valence-corrected chi connectivity index (χ0v) is 15.1. The first-order valence-corrected chi connectivity index (χ1v) is 6.40. The molecule has 0 aliphatic heterocycles. The molecule has 100 valence electrons. The van der Waals surface area contributed by atoms with E-state index in [1.807, 2.05) is 12.1 Å². The average molecular weight is 346 g/mol. The van der Waals surface area contributed by atoms with Crippen LogP contribution in [0, 0.1) is 6.92 Å². The summed E-state index contributed by atoms with van der Waals surface area (Å²) in [6, 6.07) is 7.19. The van der Waals surface area contributed by atoms with Crippen LogP contribution in [0.25, 0.3) is 11.1 Å². The maximum Gasteiger partial charge on any atom is 1.00 e. The minimum atomic E-state index is -1.20. The Morgan fingerprint density at radius 2 is 1.85 bits per heavy atom. The number of rotatable bonds is 2. The fraction of sp³-hybridized carbons (Fsp3) is 0.143. The predicted octanol–water partition coefficient (Wildman–Crippen LogP) is -0.0621. The summed E-state index contributed by atoms with van der Waals surface area (Å²) in [5, 5.41) is 9.17. The molecule has 0 unspecified atom stereocenters. The summed E-state index contributed by atoms with van der Waals surface area (Å²) in [4.78, 5) is 23.5. The molecule has 6 heteroatoms. The number of benzene rings is 1. The fourth-order valence-corrected chi connectivity index (χ4v) is 2.18. The summed E-state index contributed by atoms with van der Waals surface area (Å²) in [5.74, 6) is -1.20. The maximum absolute atomic E-state index is 12.3. The summed E-state index contributed by atoms with van der Waals surface area (Å²) in [5.41, 5.74) is 0.899. The van der Waals surface area contributed by atoms with Gasteiger partial charge in [0.15, 0.2) is 0 Å². The van der Waals surface area contributed by atoms with Crippen LogP contribution in [-0.2, 0) is 7.05 Å². The molecular weight excluding hydrogens is 333 g/mol. The monoisotopic (exact) mass is 345 g/mol. The van der Waals surface area contributed by atoms with Gasteiger partial charge in [-0.3, -0.25) is 4.79 Å². The molecule has 0 fully saturated rings. The van der Waals surface area contributed by atoms with Gasteiger partial charge in [0.1, 0.15) is 5.56 Å². The van der Waals surface area contributed by atoms with Gasteiger partial charge in [-0.05, 0) is 24.6 Å². The molecule has 20 heavy (non-hydrogen) atoms. The molecule has 1 N–H and O–H groups in total. The normalized spacial score (nSPS) is 9.95. The zero-order valence-electron chi connectivity index (χ0n) is 12.5. The molecule has 0 atom stereocenters. The molecule has 1 heterocycles. The van der Waals surface area contributed by atoms with Crippen molar-refractivity contribution in [2.45, 2.75) is 6.92 Å². The van der Waals surface area contributed by atoms with E-state index in [2.05, 4.69) is 15.9 Å². The van der Waals surface area contributed by atoms with E-state index in [1.54, 1.807) is 36.9 Å². The first kappa shape index (κ1) is 17.2. The van der Waals surface area contributed by atoms with Gasteiger partial charge >= 0.3 is 35.5 Å². The van der Waals surface area contributed by atoms with Gasteiger partial charge in [-0.25, -0.2) is 4.79 Å². The topological polar surface area (TPSA) is 59.3 Å². The summed E-state index contributed by atoms with van der Waals surface area (Å²) in [7, 11) is 1.73. The molecule has 1 aromatic carbocycles. The second kappa shape index (κ2) is 6.72. The Morgan fingerprint density at radius 1 is 1.30 bits per heavy atom. The van der Waals surface area contributed by atoms with E-state index in [1.165, 1.54) is 0 Å². The van der Waals surface area contributed by atoms with Crippen LogP contribution in [0.2, 0.25) is 0 Å². The van der Waals surface area contributed by atoms with E-state index in [0.29, 0.717) is 16.8 Å². The Bertz CT molecular complexity index is 713. The van der Waals surface area contributed by atoms with E-state index in [0.717, 1.165) is 4.47 Å². The van der Waals surface area contributed by atoms with E-state index in [4.69, 9.17) is 5.11 Å². The van der Waals surface area contributed by atoms with Gasteiger partial charge in [-0.15, -0.1) is 0 Å². The first-order valence-electron chi connectivity index (χ1n) is 5.61. The van der Waals surface area contributed by atoms with Gasteiger partial charge in [0.25, 0.3) is 0 Å². The molecule has 2 rings (SSSR count). The fourth-order valence-electron chi connectivity index (χ4n) is 1.91. The number of halogens is 1. The van der Waals surface area contributed by atoms with Gasteiger partial charge in [-0.2, -0.15) is 0 Å². The van der Waals surface area contributed by atoms with E-state index < -0.39 is 11.4 Å². The van der Waals surface area contributed by atoms with Crippen molar-refractivity contribution < 1.29 is 40.9 Å². The van der Waals surface area contributed by atoms with Crippen molar-refractivity contribution in [1.29, 1.82) is 0 Å². The van der Waals surface area contributed by atoms with Crippen LogP contribution in [-0.4, -0.2) is 15.6 Å². The van der Waals surface area contributed by atoms with Crippen molar-refractivity contribution >= 4 is 21.9 Å². The van der Waals surface area contributed by atoms with Gasteiger partial charge in [0.2, 0.25) is 5.43 Å². The number of carbonyl (C=O) groups is 1. The van der Waals surface area contributed by atoms with Crippen molar-refractivity contribution in [1.82, 2.24) is 4.57 Å². The van der Waals surface area contributed by atoms with Crippen LogP contribution in [0.3, 0.4) is 0 Å². The van der Waals surface area contributed by atoms with Gasteiger partial charge in [0, 0.05) is 29.0 Å². The largest absolute Gasteiger partial charge is 1.00 e. The number of hydrogen-bond donors (Lipinski definition) is 1. The third kappa shape index (κ3) is 3.23. The second-order valence-corrected chi connectivity index (χ2v) is 5.17. The van der Waals surface area contributed by atoms with Crippen LogP contribution < -0.4 is 35.0 Å². The quantitative estimate of drug-likeness (QED) is 0.775. The van der Waals surface area contributed by atoms with Crippen molar-refractivity contribution in [2.24, 2.45) is 7.05 Å². The summed E-state index contributed by atoms with van der Waals surface area (Å²) >= 11 is 3.32. The van der Waals surface area contributed by atoms with Gasteiger partial charge in [0.05, 0.1) is 0 Å². The molecule has 0 saturated carbocycles. The van der Waals surface area contributed by atoms with Gasteiger partial charge < -0.3 is 11.1 Å². The third-order valence-corrected chi connectivity index (χ3v) is 3.58. The molecule has 0 aliphatic rings. The summed E-state index contributed by atoms with van der Waals surface area (Å²) in [6.07, 6.45) is 1.66. The predicted molar refractivity (Wildman–Crippen MR) is 77.6 cm³/mol. The Labute approximate surface area is 148 Å². The molecule has 0 amide bonds. The molecule has 0 radical (unpaired) electrons. The Morgan fingerprint density at radius 3 is 2.35 bits per heavy atom. The number of aryl methyl sites for hydroxylation is 1. The summed E-state index contributed by atoms with van der Waals surface area (Å²) in [6.45, 7) is 1.62. The molecule has 0 bridgehead atoms. The number of nitrogens with zero attached hydrogens (tertiary/aromatic N) is 1. The number of carboxylic acids is 1. The molecule has 4 nitrogen and oxygen atoms in total. The Hall–Kier alpha value is -0.880. The van der Waals surface area contributed by atoms with Crippen molar-refractivity contribution in [3.8, 4) is 11.1 Å². The smallest absolute Gasteiger partial charge is 1.00 e. The Kier molecular flexibility index (Phi) is 5.77. The van der Waals surface area contributed by atoms with Crippen molar-refractivity contribution in [2.75, 3.05) is 0 Å². The number of aromatic nitrogens is 1. The second-order valence-electron chi connectivity index (χ2n) is 4.26. The molecule has 0 aliphatic carbocycles. The van der Waals surface area contributed by atoms with E-state index in [9.17, 15) is 9.59 Å². The first-order chi connectivity index (χ1) is 8.91. The minimum absolute atomic E-state index is 0. The number of carboxylic acid groups (broad SMARTS) is 1. The van der Waals surface area contributed by atoms with E-state index in [-0.39, 0.29) is 36.5 Å². The van der Waals surface area contributed by atoms with Crippen LogP contribution in [0.5, 0.6) is 0 Å². The van der Waals surface area contributed by atoms with Crippen LogP contribution in [0.4, 0.5) is 0 Å². The van der Waals surface area contributed by atoms with Crippen LogP contribution >= 0.6 is 15.9 Å². The van der Waals surface area contributed by atoms with E-state index >= 15 is 0 Å². The Balaban J connectivity index is 0.00000200. The van der Waals surface area contributed by atoms with Crippen LogP contribution in [0.15, 0.2) is 39.7 Å². The summed E-state index contributed by atoms with van der Waals surface area (Å²) < 4.78 is 2.56. The maximum atomic E-state index is 12.3. The third-order valence-electron chi connectivity index (χ3n) is 3.05. The number of hydrogen-bond acceptors (Lipinski definition) is 2. The number of pyridine rings is 1. The number of aromatic carboxylic acids is 1. The minimum Gasteiger partial charge on any atom is -1.00 e. The zero-order chi connectivity index (χ0) is 14.2. The van der Waals surface area contributed by atoms with Gasteiger partial charge in [-0.1, -0.05) is 28.1 Å². The molecule has 0 spiro atoms.